The largest absolute Gasteiger partial charge is 0.445 e. The fourth-order valence-corrected chi connectivity index (χ4v) is 0.740. The van der Waals surface area contributed by atoms with Gasteiger partial charge in [-0.1, -0.05) is 0 Å². The van der Waals surface area contributed by atoms with E-state index in [1.165, 1.54) is 13.8 Å². The van der Waals surface area contributed by atoms with Gasteiger partial charge in [0.2, 0.25) is 5.60 Å². The summed E-state index contributed by atoms with van der Waals surface area (Å²) in [4.78, 5) is 32.0. The third-order valence-corrected chi connectivity index (χ3v) is 1.44. The van der Waals surface area contributed by atoms with Crippen molar-refractivity contribution in [2.75, 3.05) is 0 Å². The molecule has 1 fully saturated rings. The SMILES string of the molecule is CC1(C)OC(=O)C(C=O)OC1=O. The molecule has 66 valence electrons. The van der Waals surface area contributed by atoms with Crippen molar-refractivity contribution < 1.29 is 23.9 Å². The van der Waals surface area contributed by atoms with Gasteiger partial charge < -0.3 is 9.47 Å². The smallest absolute Gasteiger partial charge is 0.356 e. The fraction of sp³-hybridized carbons (Fsp3) is 0.571. The summed E-state index contributed by atoms with van der Waals surface area (Å²) in [6, 6.07) is 0. The number of hydrogen-bond donors (Lipinski definition) is 0. The summed E-state index contributed by atoms with van der Waals surface area (Å²) in [5.41, 5.74) is -1.28. The van der Waals surface area contributed by atoms with E-state index in [9.17, 15) is 14.4 Å². The minimum atomic E-state index is -1.40. The molecular weight excluding hydrogens is 164 g/mol. The molecule has 0 N–H and O–H groups in total. The van der Waals surface area contributed by atoms with Crippen LogP contribution in [0.2, 0.25) is 0 Å². The minimum absolute atomic E-state index is 0.232. The van der Waals surface area contributed by atoms with Crippen molar-refractivity contribution in [2.45, 2.75) is 25.6 Å². The standard InChI is InChI=1S/C7H8O5/c1-7(2)6(10)11-4(3-8)5(9)12-7/h3-4H,1-2H3. The van der Waals surface area contributed by atoms with Gasteiger partial charge in [-0.15, -0.1) is 0 Å². The Morgan fingerprint density at radius 1 is 1.42 bits per heavy atom. The number of carbonyl (C=O) groups excluding carboxylic acids is 3. The van der Waals surface area contributed by atoms with Crippen LogP contribution in [0.25, 0.3) is 0 Å². The lowest BCUT2D eigenvalue weighted by molar-refractivity contribution is -0.204. The first kappa shape index (κ1) is 8.70. The molecule has 1 aliphatic rings. The Kier molecular flexibility index (Phi) is 1.87. The summed E-state index contributed by atoms with van der Waals surface area (Å²) in [6.07, 6.45) is -1.17. The molecule has 1 atom stereocenters. The molecule has 1 rings (SSSR count). The number of ether oxygens (including phenoxy) is 2. The van der Waals surface area contributed by atoms with Crippen LogP contribution in [0.15, 0.2) is 0 Å². The monoisotopic (exact) mass is 172 g/mol. The van der Waals surface area contributed by atoms with Crippen LogP contribution >= 0.6 is 0 Å². The number of hydrogen-bond acceptors (Lipinski definition) is 5. The highest BCUT2D eigenvalue weighted by atomic mass is 16.7. The first-order chi connectivity index (χ1) is 5.47. The molecule has 1 saturated heterocycles. The Morgan fingerprint density at radius 3 is 2.50 bits per heavy atom. The Balaban J connectivity index is 2.82. The van der Waals surface area contributed by atoms with Crippen LogP contribution in [0.1, 0.15) is 13.8 Å². The third-order valence-electron chi connectivity index (χ3n) is 1.44. The summed E-state index contributed by atoms with van der Waals surface area (Å²) in [5.74, 6) is -1.53. The molecule has 1 heterocycles. The zero-order valence-electron chi connectivity index (χ0n) is 6.70. The van der Waals surface area contributed by atoms with E-state index in [-0.39, 0.29) is 6.29 Å². The molecule has 0 aliphatic carbocycles. The molecule has 0 amide bonds. The zero-order chi connectivity index (χ0) is 9.35. The van der Waals surface area contributed by atoms with Crippen molar-refractivity contribution in [3.63, 3.8) is 0 Å². The van der Waals surface area contributed by atoms with Gasteiger partial charge in [-0.05, 0) is 13.8 Å². The lowest BCUT2D eigenvalue weighted by atomic mass is 10.1. The van der Waals surface area contributed by atoms with E-state index in [0.717, 1.165) is 0 Å². The van der Waals surface area contributed by atoms with Gasteiger partial charge in [-0.25, -0.2) is 9.59 Å². The summed E-state index contributed by atoms with van der Waals surface area (Å²) in [5, 5.41) is 0. The zero-order valence-corrected chi connectivity index (χ0v) is 6.70. The lowest BCUT2D eigenvalue weighted by Gasteiger charge is -2.29. The molecule has 1 aliphatic heterocycles. The van der Waals surface area contributed by atoms with Gasteiger partial charge in [-0.2, -0.15) is 0 Å². The molecule has 0 saturated carbocycles. The van der Waals surface area contributed by atoms with E-state index in [0.29, 0.717) is 0 Å². The van der Waals surface area contributed by atoms with Crippen molar-refractivity contribution in [3.8, 4) is 0 Å². The normalized spacial score (nSPS) is 27.3. The maximum absolute atomic E-state index is 11.0. The molecule has 0 aromatic heterocycles. The Morgan fingerprint density at radius 2 is 2.00 bits per heavy atom. The van der Waals surface area contributed by atoms with Gasteiger partial charge in [0.25, 0.3) is 6.10 Å². The minimum Gasteiger partial charge on any atom is -0.445 e. The second kappa shape index (κ2) is 2.58. The van der Waals surface area contributed by atoms with Crippen LogP contribution < -0.4 is 0 Å². The molecule has 0 aromatic carbocycles. The second-order valence-electron chi connectivity index (χ2n) is 2.89. The average Bonchev–Trinajstić information content (AvgIpc) is 1.96. The van der Waals surface area contributed by atoms with Gasteiger partial charge in [0, 0.05) is 0 Å². The molecule has 0 bridgehead atoms. The number of carbonyl (C=O) groups is 3. The van der Waals surface area contributed by atoms with Gasteiger partial charge in [0.1, 0.15) is 0 Å². The number of cyclic esters (lactones) is 2. The van der Waals surface area contributed by atoms with Crippen molar-refractivity contribution in [2.24, 2.45) is 0 Å². The predicted molar refractivity (Wildman–Crippen MR) is 36.1 cm³/mol. The quantitative estimate of drug-likeness (QED) is 0.301. The Hall–Kier alpha value is -1.39. The maximum atomic E-state index is 11.0. The van der Waals surface area contributed by atoms with Crippen LogP contribution in [0.4, 0.5) is 0 Å². The summed E-state index contributed by atoms with van der Waals surface area (Å²) in [7, 11) is 0. The maximum Gasteiger partial charge on any atom is 0.356 e. The van der Waals surface area contributed by atoms with Crippen molar-refractivity contribution in [1.29, 1.82) is 0 Å². The molecule has 5 nitrogen and oxygen atoms in total. The summed E-state index contributed by atoms with van der Waals surface area (Å²) < 4.78 is 9.13. The first-order valence-electron chi connectivity index (χ1n) is 3.36. The van der Waals surface area contributed by atoms with Crippen LogP contribution in [0.5, 0.6) is 0 Å². The van der Waals surface area contributed by atoms with E-state index < -0.39 is 23.6 Å². The van der Waals surface area contributed by atoms with Crippen LogP contribution in [0, 0.1) is 0 Å². The average molecular weight is 172 g/mol. The van der Waals surface area contributed by atoms with Crippen molar-refractivity contribution in [3.05, 3.63) is 0 Å². The lowest BCUT2D eigenvalue weighted by Crippen LogP contribution is -2.50. The van der Waals surface area contributed by atoms with Crippen LogP contribution in [-0.4, -0.2) is 29.9 Å². The van der Waals surface area contributed by atoms with Gasteiger partial charge >= 0.3 is 11.9 Å². The van der Waals surface area contributed by atoms with Gasteiger partial charge in [0.15, 0.2) is 6.29 Å². The Labute approximate surface area is 68.6 Å². The topological polar surface area (TPSA) is 69.7 Å². The number of esters is 2. The van der Waals surface area contributed by atoms with E-state index >= 15 is 0 Å². The second-order valence-corrected chi connectivity index (χ2v) is 2.89. The fourth-order valence-electron chi connectivity index (χ4n) is 0.740. The highest BCUT2D eigenvalue weighted by Crippen LogP contribution is 2.19. The van der Waals surface area contributed by atoms with Crippen LogP contribution in [0.3, 0.4) is 0 Å². The molecule has 0 aromatic rings. The number of rotatable bonds is 1. The van der Waals surface area contributed by atoms with Crippen molar-refractivity contribution in [1.82, 2.24) is 0 Å². The third kappa shape index (κ3) is 1.30. The van der Waals surface area contributed by atoms with Gasteiger partial charge in [-0.3, -0.25) is 4.79 Å². The molecule has 5 heteroatoms. The van der Waals surface area contributed by atoms with E-state index in [4.69, 9.17) is 0 Å². The summed E-state index contributed by atoms with van der Waals surface area (Å²) >= 11 is 0. The summed E-state index contributed by atoms with van der Waals surface area (Å²) in [6.45, 7) is 2.79. The molecular formula is C7H8O5. The molecule has 12 heavy (non-hydrogen) atoms. The predicted octanol–water partition coefficient (Wildman–Crippen LogP) is -0.568. The van der Waals surface area contributed by atoms with E-state index in [1.54, 1.807) is 0 Å². The van der Waals surface area contributed by atoms with Crippen LogP contribution in [-0.2, 0) is 23.9 Å². The Bertz CT molecular complexity index is 242. The van der Waals surface area contributed by atoms with Crippen molar-refractivity contribution >= 4 is 18.2 Å². The van der Waals surface area contributed by atoms with Gasteiger partial charge in [0.05, 0.1) is 0 Å². The molecule has 0 radical (unpaired) electrons. The molecule has 1 unspecified atom stereocenters. The first-order valence-corrected chi connectivity index (χ1v) is 3.36. The highest BCUT2D eigenvalue weighted by Gasteiger charge is 2.43. The van der Waals surface area contributed by atoms with E-state index in [1.807, 2.05) is 0 Å². The molecule has 0 spiro atoms. The van der Waals surface area contributed by atoms with E-state index in [2.05, 4.69) is 9.47 Å². The highest BCUT2D eigenvalue weighted by molar-refractivity contribution is 5.98. The number of aldehydes is 1.